The molecule has 1 aromatic heterocycles. The summed E-state index contributed by atoms with van der Waals surface area (Å²) < 4.78 is 0. The standard InChI is InChI=1S/C14H23N3/c1-10-4-3-5-12(6-10)9-17-14-13(15)7-11(2)8-16-14/h7-8,10,12H,3-6,9,15H2,1-2H3,(H,16,17). The molecule has 2 rings (SSSR count). The van der Waals surface area contributed by atoms with Crippen molar-refractivity contribution in [3.63, 3.8) is 0 Å². The van der Waals surface area contributed by atoms with Crippen molar-refractivity contribution in [3.8, 4) is 0 Å². The molecule has 1 aliphatic carbocycles. The van der Waals surface area contributed by atoms with Crippen molar-refractivity contribution in [2.75, 3.05) is 17.6 Å². The van der Waals surface area contributed by atoms with Crippen molar-refractivity contribution in [1.82, 2.24) is 4.98 Å². The van der Waals surface area contributed by atoms with Crippen LogP contribution in [-0.2, 0) is 0 Å². The molecule has 0 saturated heterocycles. The lowest BCUT2D eigenvalue weighted by Crippen LogP contribution is -2.21. The molecule has 0 aliphatic heterocycles. The Morgan fingerprint density at radius 1 is 1.47 bits per heavy atom. The zero-order chi connectivity index (χ0) is 12.3. The molecule has 0 spiro atoms. The number of rotatable bonds is 3. The molecule has 94 valence electrons. The number of nitrogens with zero attached hydrogens (tertiary/aromatic N) is 1. The highest BCUT2D eigenvalue weighted by atomic mass is 15.0. The minimum atomic E-state index is 0.758. The van der Waals surface area contributed by atoms with Gasteiger partial charge in [-0.1, -0.05) is 19.8 Å². The maximum Gasteiger partial charge on any atom is 0.149 e. The van der Waals surface area contributed by atoms with Crippen molar-refractivity contribution in [1.29, 1.82) is 0 Å². The molecule has 1 fully saturated rings. The minimum Gasteiger partial charge on any atom is -0.396 e. The number of anilines is 2. The van der Waals surface area contributed by atoms with Crippen LogP contribution in [0.3, 0.4) is 0 Å². The van der Waals surface area contributed by atoms with Gasteiger partial charge >= 0.3 is 0 Å². The fourth-order valence-corrected chi connectivity index (χ4v) is 2.73. The van der Waals surface area contributed by atoms with Crippen LogP contribution in [0.1, 0.15) is 38.2 Å². The van der Waals surface area contributed by atoms with E-state index in [-0.39, 0.29) is 0 Å². The van der Waals surface area contributed by atoms with Crippen molar-refractivity contribution in [2.45, 2.75) is 39.5 Å². The Balaban J connectivity index is 1.88. The van der Waals surface area contributed by atoms with Gasteiger partial charge in [0.1, 0.15) is 5.82 Å². The number of pyridine rings is 1. The molecular weight excluding hydrogens is 210 g/mol. The summed E-state index contributed by atoms with van der Waals surface area (Å²) in [5.41, 5.74) is 7.81. The lowest BCUT2D eigenvalue weighted by Gasteiger charge is -2.27. The van der Waals surface area contributed by atoms with E-state index in [1.54, 1.807) is 0 Å². The second-order valence-electron chi connectivity index (χ2n) is 5.47. The molecule has 2 atom stereocenters. The quantitative estimate of drug-likeness (QED) is 0.843. The van der Waals surface area contributed by atoms with E-state index in [1.807, 2.05) is 19.2 Å². The largest absolute Gasteiger partial charge is 0.396 e. The number of nitrogen functional groups attached to an aromatic ring is 1. The monoisotopic (exact) mass is 233 g/mol. The van der Waals surface area contributed by atoms with Gasteiger partial charge in [0.05, 0.1) is 5.69 Å². The topological polar surface area (TPSA) is 50.9 Å². The van der Waals surface area contributed by atoms with Crippen LogP contribution < -0.4 is 11.1 Å². The number of hydrogen-bond donors (Lipinski definition) is 2. The molecule has 1 heterocycles. The van der Waals surface area contributed by atoms with Gasteiger partial charge < -0.3 is 11.1 Å². The molecule has 2 unspecified atom stereocenters. The van der Waals surface area contributed by atoms with Gasteiger partial charge in [0.25, 0.3) is 0 Å². The summed E-state index contributed by atoms with van der Waals surface area (Å²) in [6, 6.07) is 1.97. The van der Waals surface area contributed by atoms with Crippen LogP contribution in [0.25, 0.3) is 0 Å². The van der Waals surface area contributed by atoms with E-state index in [4.69, 9.17) is 5.73 Å². The van der Waals surface area contributed by atoms with Gasteiger partial charge in [0.15, 0.2) is 0 Å². The number of hydrogen-bond acceptors (Lipinski definition) is 3. The molecule has 1 saturated carbocycles. The van der Waals surface area contributed by atoms with Crippen molar-refractivity contribution < 1.29 is 0 Å². The summed E-state index contributed by atoms with van der Waals surface area (Å²) in [6.45, 7) is 5.37. The molecule has 3 N–H and O–H groups in total. The van der Waals surface area contributed by atoms with Gasteiger partial charge in [-0.15, -0.1) is 0 Å². The number of aryl methyl sites for hydroxylation is 1. The van der Waals surface area contributed by atoms with E-state index < -0.39 is 0 Å². The minimum absolute atomic E-state index is 0.758. The van der Waals surface area contributed by atoms with Gasteiger partial charge in [-0.05, 0) is 43.2 Å². The van der Waals surface area contributed by atoms with E-state index in [1.165, 1.54) is 25.7 Å². The zero-order valence-corrected chi connectivity index (χ0v) is 10.9. The first-order valence-electron chi connectivity index (χ1n) is 6.61. The summed E-state index contributed by atoms with van der Waals surface area (Å²) in [6.07, 6.45) is 7.29. The summed E-state index contributed by atoms with van der Waals surface area (Å²) >= 11 is 0. The van der Waals surface area contributed by atoms with Crippen LogP contribution in [0.5, 0.6) is 0 Å². The third-order valence-corrected chi connectivity index (χ3v) is 3.66. The van der Waals surface area contributed by atoms with E-state index in [0.717, 1.165) is 35.4 Å². The van der Waals surface area contributed by atoms with Crippen LogP contribution >= 0.6 is 0 Å². The fraction of sp³-hybridized carbons (Fsp3) is 0.643. The molecule has 1 aromatic rings. The number of nitrogens with two attached hydrogens (primary N) is 1. The van der Waals surface area contributed by atoms with Gasteiger partial charge in [0.2, 0.25) is 0 Å². The Morgan fingerprint density at radius 3 is 3.00 bits per heavy atom. The Labute approximate surface area is 104 Å². The van der Waals surface area contributed by atoms with Crippen LogP contribution in [0.4, 0.5) is 11.5 Å². The summed E-state index contributed by atoms with van der Waals surface area (Å²) in [4.78, 5) is 4.35. The lowest BCUT2D eigenvalue weighted by atomic mass is 9.82. The number of nitrogens with one attached hydrogen (secondary N) is 1. The average molecular weight is 233 g/mol. The van der Waals surface area contributed by atoms with E-state index in [9.17, 15) is 0 Å². The smallest absolute Gasteiger partial charge is 0.149 e. The SMILES string of the molecule is Cc1cnc(NCC2CCCC(C)C2)c(N)c1. The van der Waals surface area contributed by atoms with E-state index >= 15 is 0 Å². The molecule has 0 bridgehead atoms. The zero-order valence-electron chi connectivity index (χ0n) is 10.9. The molecule has 3 nitrogen and oxygen atoms in total. The molecule has 17 heavy (non-hydrogen) atoms. The Morgan fingerprint density at radius 2 is 2.29 bits per heavy atom. The first kappa shape index (κ1) is 12.2. The molecule has 1 aliphatic rings. The Hall–Kier alpha value is -1.25. The van der Waals surface area contributed by atoms with E-state index in [0.29, 0.717) is 0 Å². The van der Waals surface area contributed by atoms with Gasteiger partial charge in [-0.2, -0.15) is 0 Å². The van der Waals surface area contributed by atoms with Gasteiger partial charge in [0, 0.05) is 12.7 Å². The third kappa shape index (κ3) is 3.35. The normalized spacial score (nSPS) is 24.6. The summed E-state index contributed by atoms with van der Waals surface area (Å²) in [5.74, 6) is 2.49. The van der Waals surface area contributed by atoms with Crippen molar-refractivity contribution in [2.24, 2.45) is 11.8 Å². The highest BCUT2D eigenvalue weighted by Gasteiger charge is 2.18. The fourth-order valence-electron chi connectivity index (χ4n) is 2.73. The highest BCUT2D eigenvalue weighted by Crippen LogP contribution is 2.29. The maximum absolute atomic E-state index is 5.94. The van der Waals surface area contributed by atoms with Crippen LogP contribution in [0, 0.1) is 18.8 Å². The highest BCUT2D eigenvalue weighted by molar-refractivity contribution is 5.61. The Kier molecular flexibility index (Phi) is 3.87. The molecule has 0 radical (unpaired) electrons. The van der Waals surface area contributed by atoms with Crippen LogP contribution in [0.15, 0.2) is 12.3 Å². The lowest BCUT2D eigenvalue weighted by molar-refractivity contribution is 0.293. The second-order valence-corrected chi connectivity index (χ2v) is 5.47. The average Bonchev–Trinajstić information content (AvgIpc) is 2.28. The second kappa shape index (κ2) is 5.39. The summed E-state index contributed by atoms with van der Waals surface area (Å²) in [7, 11) is 0. The molecule has 3 heteroatoms. The summed E-state index contributed by atoms with van der Waals surface area (Å²) in [5, 5.41) is 3.39. The van der Waals surface area contributed by atoms with Gasteiger partial charge in [-0.3, -0.25) is 0 Å². The predicted molar refractivity (Wildman–Crippen MR) is 73.0 cm³/mol. The molecule has 0 aromatic carbocycles. The Bertz CT molecular complexity index is 376. The third-order valence-electron chi connectivity index (χ3n) is 3.66. The van der Waals surface area contributed by atoms with Crippen LogP contribution in [0.2, 0.25) is 0 Å². The molecule has 0 amide bonds. The van der Waals surface area contributed by atoms with Crippen molar-refractivity contribution >= 4 is 11.5 Å². The first-order valence-corrected chi connectivity index (χ1v) is 6.61. The van der Waals surface area contributed by atoms with E-state index in [2.05, 4.69) is 17.2 Å². The van der Waals surface area contributed by atoms with Crippen molar-refractivity contribution in [3.05, 3.63) is 17.8 Å². The van der Waals surface area contributed by atoms with Crippen LogP contribution in [-0.4, -0.2) is 11.5 Å². The number of aromatic nitrogens is 1. The first-order chi connectivity index (χ1) is 8.15. The predicted octanol–water partition coefficient (Wildman–Crippen LogP) is 3.21. The van der Waals surface area contributed by atoms with Gasteiger partial charge in [-0.25, -0.2) is 4.98 Å². The maximum atomic E-state index is 5.94. The molecular formula is C14H23N3.